The normalized spacial score (nSPS) is 11.9. The number of carbonyl (C=O) groups is 1. The molecule has 0 aliphatic carbocycles. The van der Waals surface area contributed by atoms with Crippen LogP contribution in [0.3, 0.4) is 0 Å². The van der Waals surface area contributed by atoms with Crippen molar-refractivity contribution in [1.82, 2.24) is 4.98 Å². The summed E-state index contributed by atoms with van der Waals surface area (Å²) in [6.45, 7) is 3.92. The van der Waals surface area contributed by atoms with Gasteiger partial charge in [0.15, 0.2) is 0 Å². The second kappa shape index (κ2) is 8.31. The monoisotopic (exact) mass is 382 g/mol. The van der Waals surface area contributed by atoms with Crippen molar-refractivity contribution in [3.63, 3.8) is 0 Å². The third kappa shape index (κ3) is 4.34. The molecule has 1 amide bonds. The highest BCUT2D eigenvalue weighted by atomic mass is 32.2. The Morgan fingerprint density at radius 2 is 1.89 bits per heavy atom. The molecule has 3 aromatic rings. The molecule has 1 heterocycles. The van der Waals surface area contributed by atoms with E-state index in [2.05, 4.69) is 23.3 Å². The predicted octanol–water partition coefficient (Wildman–Crippen LogP) is 4.68. The van der Waals surface area contributed by atoms with Crippen molar-refractivity contribution in [3.8, 4) is 11.5 Å². The van der Waals surface area contributed by atoms with Gasteiger partial charge in [0.05, 0.1) is 35.7 Å². The number of methoxy groups -OCH3 is 2. The van der Waals surface area contributed by atoms with Gasteiger partial charge in [-0.05, 0) is 43.7 Å². The number of pyridine rings is 1. The zero-order valence-corrected chi connectivity index (χ0v) is 16.6. The van der Waals surface area contributed by atoms with Gasteiger partial charge in [-0.25, -0.2) is 4.98 Å². The molecule has 1 atom stereocenters. The van der Waals surface area contributed by atoms with Crippen LogP contribution < -0.4 is 14.8 Å². The van der Waals surface area contributed by atoms with Crippen molar-refractivity contribution in [2.75, 3.05) is 19.5 Å². The number of benzene rings is 2. The Morgan fingerprint density at radius 3 is 2.63 bits per heavy atom. The lowest BCUT2D eigenvalue weighted by Crippen LogP contribution is -2.22. The predicted molar refractivity (Wildman–Crippen MR) is 110 cm³/mol. The molecule has 0 aliphatic heterocycles. The van der Waals surface area contributed by atoms with Gasteiger partial charge in [0.2, 0.25) is 5.91 Å². The Labute approximate surface area is 163 Å². The molecule has 0 saturated heterocycles. The van der Waals surface area contributed by atoms with Crippen LogP contribution in [0.25, 0.3) is 10.9 Å². The Kier molecular flexibility index (Phi) is 5.86. The topological polar surface area (TPSA) is 60.5 Å². The SMILES string of the molecule is COc1ccc(NC(=O)C(C)Sc2cc(C)c3ccccc3n2)c(OC)c1. The summed E-state index contributed by atoms with van der Waals surface area (Å²) >= 11 is 1.43. The largest absolute Gasteiger partial charge is 0.497 e. The van der Waals surface area contributed by atoms with Gasteiger partial charge in [-0.1, -0.05) is 30.0 Å². The van der Waals surface area contributed by atoms with Crippen molar-refractivity contribution < 1.29 is 14.3 Å². The molecular formula is C21H22N2O3S. The van der Waals surface area contributed by atoms with Gasteiger partial charge in [0, 0.05) is 11.5 Å². The van der Waals surface area contributed by atoms with Crippen molar-refractivity contribution in [2.45, 2.75) is 24.1 Å². The molecule has 5 nitrogen and oxygen atoms in total. The first kappa shape index (κ1) is 19.0. The Morgan fingerprint density at radius 1 is 1.11 bits per heavy atom. The quantitative estimate of drug-likeness (QED) is 0.627. The molecule has 0 radical (unpaired) electrons. The maximum atomic E-state index is 12.6. The molecule has 1 unspecified atom stereocenters. The van der Waals surface area contributed by atoms with Gasteiger partial charge in [0.1, 0.15) is 11.5 Å². The molecule has 1 aromatic heterocycles. The minimum Gasteiger partial charge on any atom is -0.497 e. The number of ether oxygens (including phenoxy) is 2. The minimum absolute atomic E-state index is 0.115. The highest BCUT2D eigenvalue weighted by molar-refractivity contribution is 8.00. The smallest absolute Gasteiger partial charge is 0.237 e. The highest BCUT2D eigenvalue weighted by Crippen LogP contribution is 2.31. The first-order valence-electron chi connectivity index (χ1n) is 8.57. The number of aromatic nitrogens is 1. The van der Waals surface area contributed by atoms with Crippen molar-refractivity contribution in [1.29, 1.82) is 0 Å². The number of rotatable bonds is 6. The zero-order valence-electron chi connectivity index (χ0n) is 15.8. The Bertz CT molecular complexity index is 975. The van der Waals surface area contributed by atoms with Crippen LogP contribution in [0.15, 0.2) is 53.6 Å². The molecular weight excluding hydrogens is 360 g/mol. The number of amides is 1. The fourth-order valence-electron chi connectivity index (χ4n) is 2.75. The zero-order chi connectivity index (χ0) is 19.4. The summed E-state index contributed by atoms with van der Waals surface area (Å²) in [7, 11) is 3.15. The maximum Gasteiger partial charge on any atom is 0.237 e. The van der Waals surface area contributed by atoms with Crippen LogP contribution >= 0.6 is 11.8 Å². The molecule has 1 N–H and O–H groups in total. The summed E-state index contributed by atoms with van der Waals surface area (Å²) in [4.78, 5) is 17.3. The van der Waals surface area contributed by atoms with Crippen LogP contribution in [0, 0.1) is 6.92 Å². The van der Waals surface area contributed by atoms with E-state index in [-0.39, 0.29) is 11.2 Å². The van der Waals surface area contributed by atoms with Crippen LogP contribution in [0.2, 0.25) is 0 Å². The number of anilines is 1. The van der Waals surface area contributed by atoms with Crippen LogP contribution in [-0.2, 0) is 4.79 Å². The number of thioether (sulfide) groups is 1. The van der Waals surface area contributed by atoms with Gasteiger partial charge in [0.25, 0.3) is 0 Å². The summed E-state index contributed by atoms with van der Waals surface area (Å²) in [5.41, 5.74) is 2.69. The average molecular weight is 382 g/mol. The van der Waals surface area contributed by atoms with E-state index in [4.69, 9.17) is 9.47 Å². The van der Waals surface area contributed by atoms with Gasteiger partial charge in [-0.2, -0.15) is 0 Å². The third-order valence-electron chi connectivity index (χ3n) is 4.23. The summed E-state index contributed by atoms with van der Waals surface area (Å²) in [5.74, 6) is 1.11. The summed E-state index contributed by atoms with van der Waals surface area (Å²) in [6.07, 6.45) is 0. The van der Waals surface area contributed by atoms with Crippen LogP contribution in [-0.4, -0.2) is 30.4 Å². The standard InChI is InChI=1S/C21H22N2O3S/c1-13-11-20(22-17-8-6-5-7-16(13)17)27-14(2)21(24)23-18-10-9-15(25-3)12-19(18)26-4/h5-12,14H,1-4H3,(H,23,24). The molecule has 27 heavy (non-hydrogen) atoms. The van der Waals surface area contributed by atoms with E-state index < -0.39 is 0 Å². The average Bonchev–Trinajstić information content (AvgIpc) is 2.68. The molecule has 0 spiro atoms. The number of hydrogen-bond acceptors (Lipinski definition) is 5. The van der Waals surface area contributed by atoms with Crippen molar-refractivity contribution in [3.05, 3.63) is 54.1 Å². The molecule has 0 bridgehead atoms. The number of para-hydroxylation sites is 1. The number of hydrogen-bond donors (Lipinski definition) is 1. The molecule has 0 saturated carbocycles. The van der Waals surface area contributed by atoms with Crippen LogP contribution in [0.4, 0.5) is 5.69 Å². The molecule has 3 rings (SSSR count). The second-order valence-electron chi connectivity index (χ2n) is 6.11. The highest BCUT2D eigenvalue weighted by Gasteiger charge is 2.18. The van der Waals surface area contributed by atoms with Gasteiger partial charge < -0.3 is 14.8 Å². The fraction of sp³-hybridized carbons (Fsp3) is 0.238. The van der Waals surface area contributed by atoms with E-state index in [1.807, 2.05) is 31.2 Å². The van der Waals surface area contributed by atoms with E-state index in [0.717, 1.165) is 21.5 Å². The van der Waals surface area contributed by atoms with E-state index >= 15 is 0 Å². The maximum absolute atomic E-state index is 12.6. The first-order valence-corrected chi connectivity index (χ1v) is 9.45. The Balaban J connectivity index is 1.75. The molecule has 6 heteroatoms. The summed E-state index contributed by atoms with van der Waals surface area (Å²) in [6, 6.07) is 15.3. The van der Waals surface area contributed by atoms with E-state index in [1.165, 1.54) is 11.8 Å². The van der Waals surface area contributed by atoms with Crippen molar-refractivity contribution in [2.24, 2.45) is 0 Å². The molecule has 0 aliphatic rings. The lowest BCUT2D eigenvalue weighted by Gasteiger charge is -2.15. The molecule has 0 fully saturated rings. The van der Waals surface area contributed by atoms with E-state index in [0.29, 0.717) is 17.2 Å². The molecule has 2 aromatic carbocycles. The number of fused-ring (bicyclic) bond motifs is 1. The van der Waals surface area contributed by atoms with Crippen LogP contribution in [0.1, 0.15) is 12.5 Å². The second-order valence-corrected chi connectivity index (χ2v) is 7.47. The lowest BCUT2D eigenvalue weighted by molar-refractivity contribution is -0.115. The van der Waals surface area contributed by atoms with Gasteiger partial charge >= 0.3 is 0 Å². The van der Waals surface area contributed by atoms with Gasteiger partial charge in [-0.15, -0.1) is 0 Å². The lowest BCUT2D eigenvalue weighted by atomic mass is 10.1. The Hall–Kier alpha value is -2.73. The first-order chi connectivity index (χ1) is 13.0. The number of nitrogens with zero attached hydrogens (tertiary/aromatic N) is 1. The van der Waals surface area contributed by atoms with E-state index in [1.54, 1.807) is 32.4 Å². The summed E-state index contributed by atoms with van der Waals surface area (Å²) < 4.78 is 10.5. The number of carbonyl (C=O) groups excluding carboxylic acids is 1. The van der Waals surface area contributed by atoms with Crippen molar-refractivity contribution >= 4 is 34.3 Å². The number of nitrogens with one attached hydrogen (secondary N) is 1. The summed E-state index contributed by atoms with van der Waals surface area (Å²) in [5, 5.41) is 4.56. The number of aryl methyl sites for hydroxylation is 1. The fourth-order valence-corrected chi connectivity index (χ4v) is 3.67. The van der Waals surface area contributed by atoms with E-state index in [9.17, 15) is 4.79 Å². The van der Waals surface area contributed by atoms with Crippen LogP contribution in [0.5, 0.6) is 11.5 Å². The molecule has 140 valence electrons. The third-order valence-corrected chi connectivity index (χ3v) is 5.25. The minimum atomic E-state index is -0.315. The van der Waals surface area contributed by atoms with Gasteiger partial charge in [-0.3, -0.25) is 4.79 Å².